The quantitative estimate of drug-likeness (QED) is 0.291. The van der Waals surface area contributed by atoms with Crippen LogP contribution in [0, 0.1) is 5.82 Å². The number of hydrogen-bond acceptors (Lipinski definition) is 2. The predicted octanol–water partition coefficient (Wildman–Crippen LogP) is 4.21. The van der Waals surface area contributed by atoms with Crippen LogP contribution in [-0.2, 0) is 12.0 Å². The number of rotatable bonds is 5. The number of nitrogens with one attached hydrogen (secondary N) is 1. The number of thiocarbonyl (C=S) groups is 1. The van der Waals surface area contributed by atoms with E-state index in [-0.39, 0.29) is 17.0 Å². The van der Waals surface area contributed by atoms with Crippen molar-refractivity contribution in [2.45, 2.75) is 32.7 Å². The monoisotopic (exact) mass is 420 g/mol. The minimum Gasteiger partial charge on any atom is -0.867 e. The second kappa shape index (κ2) is 9.18. The van der Waals surface area contributed by atoms with Crippen molar-refractivity contribution < 1.29 is 14.1 Å². The fraction of sp³-hybridized carbons (Fsp3) is 0.200. The molecule has 0 radical (unpaired) electrons. The van der Waals surface area contributed by atoms with Crippen LogP contribution in [-0.4, -0.2) is 4.99 Å². The third kappa shape index (κ3) is 5.30. The molecule has 0 saturated carbocycles. The van der Waals surface area contributed by atoms with Gasteiger partial charge in [0.05, 0.1) is 0 Å². The average Bonchev–Trinajstić information content (AvgIpc) is 2.73. The summed E-state index contributed by atoms with van der Waals surface area (Å²) in [5.74, 6) is -0.658. The van der Waals surface area contributed by atoms with E-state index in [1.54, 1.807) is 4.57 Å². The first-order valence-corrected chi connectivity index (χ1v) is 10.2. The first-order chi connectivity index (χ1) is 14.3. The Kier molecular flexibility index (Phi) is 6.63. The van der Waals surface area contributed by atoms with Gasteiger partial charge in [0.2, 0.25) is 5.70 Å². The van der Waals surface area contributed by atoms with Crippen LogP contribution in [0.25, 0.3) is 11.5 Å². The van der Waals surface area contributed by atoms with E-state index >= 15 is 0 Å². The molecule has 0 saturated heterocycles. The van der Waals surface area contributed by atoms with E-state index < -0.39 is 0 Å². The van der Waals surface area contributed by atoms with E-state index in [2.05, 4.69) is 26.1 Å². The normalized spacial score (nSPS) is 12.3. The largest absolute Gasteiger partial charge is 0.867 e. The molecular formula is C25H25FN2OS. The van der Waals surface area contributed by atoms with Crippen molar-refractivity contribution in [1.29, 1.82) is 0 Å². The van der Waals surface area contributed by atoms with Crippen molar-refractivity contribution >= 4 is 28.7 Å². The molecule has 0 aliphatic carbocycles. The Bertz CT molecular complexity index is 1040. The smallest absolute Gasteiger partial charge is 0.237 e. The minimum atomic E-state index is -0.389. The lowest BCUT2D eigenvalue weighted by atomic mass is 9.88. The van der Waals surface area contributed by atoms with Crippen LogP contribution in [0.2, 0.25) is 0 Å². The molecule has 0 aliphatic rings. The molecule has 0 atom stereocenters. The van der Waals surface area contributed by atoms with Crippen molar-refractivity contribution in [3.05, 3.63) is 102 Å². The van der Waals surface area contributed by atoms with Crippen LogP contribution in [0.3, 0.4) is 0 Å². The molecule has 1 aromatic heterocycles. The molecule has 0 amide bonds. The number of aromatic nitrogens is 1. The van der Waals surface area contributed by atoms with E-state index in [4.69, 9.17) is 12.2 Å². The van der Waals surface area contributed by atoms with Gasteiger partial charge in [0.1, 0.15) is 5.82 Å². The summed E-state index contributed by atoms with van der Waals surface area (Å²) in [7, 11) is 0. The van der Waals surface area contributed by atoms with Gasteiger partial charge in [-0.15, -0.1) is 0 Å². The zero-order valence-electron chi connectivity index (χ0n) is 17.4. The molecule has 3 aromatic rings. The molecule has 0 unspecified atom stereocenters. The predicted molar refractivity (Wildman–Crippen MR) is 121 cm³/mol. The Morgan fingerprint density at radius 1 is 0.967 bits per heavy atom. The first kappa shape index (κ1) is 21.7. The number of benzene rings is 2. The lowest BCUT2D eigenvalue weighted by Gasteiger charge is -2.19. The molecule has 1 N–H and O–H groups in total. The summed E-state index contributed by atoms with van der Waals surface area (Å²) in [6.45, 7) is 6.90. The van der Waals surface area contributed by atoms with E-state index in [1.807, 2.05) is 54.9 Å². The third-order valence-corrected chi connectivity index (χ3v) is 5.12. The summed E-state index contributed by atoms with van der Waals surface area (Å²) >= 11 is 5.60. The topological polar surface area (TPSA) is 39.0 Å². The second-order valence-electron chi connectivity index (χ2n) is 8.10. The van der Waals surface area contributed by atoms with E-state index in [0.717, 1.165) is 11.1 Å². The molecule has 0 bridgehead atoms. The molecule has 3 rings (SSSR count). The van der Waals surface area contributed by atoms with Gasteiger partial charge in [-0.05, 0) is 40.0 Å². The van der Waals surface area contributed by atoms with Gasteiger partial charge in [-0.2, -0.15) is 4.57 Å². The van der Waals surface area contributed by atoms with Gasteiger partial charge in [-0.1, -0.05) is 75.5 Å². The maximum atomic E-state index is 13.3. The fourth-order valence-corrected chi connectivity index (χ4v) is 3.28. The van der Waals surface area contributed by atoms with E-state index in [9.17, 15) is 9.50 Å². The van der Waals surface area contributed by atoms with Crippen LogP contribution in [0.5, 0.6) is 0 Å². The van der Waals surface area contributed by atoms with Gasteiger partial charge < -0.3 is 10.4 Å². The molecule has 0 aliphatic heterocycles. The van der Waals surface area contributed by atoms with Crippen molar-refractivity contribution in [2.75, 3.05) is 0 Å². The van der Waals surface area contributed by atoms with E-state index in [0.29, 0.717) is 22.8 Å². The Morgan fingerprint density at radius 2 is 1.57 bits per heavy atom. The Balaban J connectivity index is 1.98. The molecule has 0 spiro atoms. The zero-order chi connectivity index (χ0) is 21.7. The number of hydrogen-bond donors (Lipinski definition) is 1. The number of nitrogens with zero attached hydrogens (tertiary/aromatic N) is 1. The van der Waals surface area contributed by atoms with E-state index in [1.165, 1.54) is 24.3 Å². The Morgan fingerprint density at radius 3 is 2.13 bits per heavy atom. The highest BCUT2D eigenvalue weighted by atomic mass is 32.1. The van der Waals surface area contributed by atoms with Gasteiger partial charge in [-0.3, -0.25) is 0 Å². The molecule has 3 nitrogen and oxygen atoms in total. The maximum Gasteiger partial charge on any atom is 0.237 e. The fourth-order valence-electron chi connectivity index (χ4n) is 3.01. The number of pyridine rings is 1. The van der Waals surface area contributed by atoms with Crippen LogP contribution >= 0.6 is 12.2 Å². The molecule has 30 heavy (non-hydrogen) atoms. The van der Waals surface area contributed by atoms with Crippen molar-refractivity contribution in [1.82, 2.24) is 5.32 Å². The highest BCUT2D eigenvalue weighted by Crippen LogP contribution is 2.21. The Hall–Kier alpha value is -3.05. The standard InChI is InChI=1S/C25H25FN2OS/c1-25(2,3)20-13-15-28(16-14-20)22(23(29)19-9-11-21(26)12-10-19)24(30)27-17-18-7-5-4-6-8-18/h4-16H,17H2,1-3H3,(H-,27,29,30). The molecule has 0 fully saturated rings. The lowest BCUT2D eigenvalue weighted by Crippen LogP contribution is -2.42. The summed E-state index contributed by atoms with van der Waals surface area (Å²) in [6.07, 6.45) is 3.68. The summed E-state index contributed by atoms with van der Waals surface area (Å²) in [5.41, 5.74) is 2.90. The highest BCUT2D eigenvalue weighted by molar-refractivity contribution is 7.81. The third-order valence-electron chi connectivity index (χ3n) is 4.79. The zero-order valence-corrected chi connectivity index (χ0v) is 18.2. The first-order valence-electron chi connectivity index (χ1n) is 9.77. The number of halogens is 1. The van der Waals surface area contributed by atoms with Crippen LogP contribution < -0.4 is 15.0 Å². The van der Waals surface area contributed by atoms with Crippen LogP contribution in [0.4, 0.5) is 4.39 Å². The van der Waals surface area contributed by atoms with Crippen molar-refractivity contribution in [2.24, 2.45) is 0 Å². The summed E-state index contributed by atoms with van der Waals surface area (Å²) < 4.78 is 15.1. The van der Waals surface area contributed by atoms with Gasteiger partial charge in [-0.25, -0.2) is 4.39 Å². The summed E-state index contributed by atoms with van der Waals surface area (Å²) in [4.78, 5) is 0.335. The maximum absolute atomic E-state index is 13.3. The molecule has 2 aromatic carbocycles. The van der Waals surface area contributed by atoms with Gasteiger partial charge in [0.15, 0.2) is 17.4 Å². The highest BCUT2D eigenvalue weighted by Gasteiger charge is 2.21. The van der Waals surface area contributed by atoms with Crippen LogP contribution in [0.1, 0.15) is 37.5 Å². The van der Waals surface area contributed by atoms with Crippen LogP contribution in [0.15, 0.2) is 79.1 Å². The second-order valence-corrected chi connectivity index (χ2v) is 8.51. The molecule has 1 heterocycles. The van der Waals surface area contributed by atoms with Crippen molar-refractivity contribution in [3.63, 3.8) is 0 Å². The van der Waals surface area contributed by atoms with Gasteiger partial charge in [0, 0.05) is 18.7 Å². The summed E-state index contributed by atoms with van der Waals surface area (Å²) in [6, 6.07) is 19.3. The summed E-state index contributed by atoms with van der Waals surface area (Å²) in [5, 5.41) is 16.5. The van der Waals surface area contributed by atoms with Gasteiger partial charge >= 0.3 is 0 Å². The SMILES string of the molecule is CC(C)(C)c1cc[n+](C(C(=S)NCc2ccccc2)=C([O-])c2ccc(F)cc2)cc1. The van der Waals surface area contributed by atoms with Gasteiger partial charge in [0.25, 0.3) is 0 Å². The molecule has 154 valence electrons. The lowest BCUT2D eigenvalue weighted by molar-refractivity contribution is -0.578. The Labute approximate surface area is 182 Å². The molecule has 5 heteroatoms. The molecular weight excluding hydrogens is 395 g/mol. The average molecular weight is 421 g/mol. The minimum absolute atomic E-state index is 0.00765. The van der Waals surface area contributed by atoms with Crippen molar-refractivity contribution in [3.8, 4) is 0 Å².